The summed E-state index contributed by atoms with van der Waals surface area (Å²) in [6, 6.07) is 37.5. The third-order valence-corrected chi connectivity index (χ3v) is 14.4. The number of hydrogen-bond donors (Lipinski definition) is 0. The van der Waals surface area contributed by atoms with Gasteiger partial charge >= 0.3 is 12.4 Å². The number of amides is 2. The third-order valence-electron chi connectivity index (χ3n) is 14.4. The van der Waals surface area contributed by atoms with Crippen LogP contribution >= 0.6 is 0 Å². The number of alkyl halides is 6. The van der Waals surface area contributed by atoms with Crippen molar-refractivity contribution >= 4 is 47.2 Å². The molecule has 0 spiro atoms. The molecule has 0 aliphatic carbocycles. The zero-order valence-electron chi connectivity index (χ0n) is 41.7. The fraction of sp³-hybridized carbons (Fsp3) is 0.207. The molecule has 80 heavy (non-hydrogen) atoms. The summed E-state index contributed by atoms with van der Waals surface area (Å²) < 4.78 is 119. The number of rotatable bonds is 9. The lowest BCUT2D eigenvalue weighted by atomic mass is 9.79. The van der Waals surface area contributed by atoms with Crippen LogP contribution in [-0.2, 0) is 22.1 Å². The van der Waals surface area contributed by atoms with Gasteiger partial charge in [0.15, 0.2) is 18.3 Å². The number of carbonyl (C=O) groups excluding carboxylic acids is 4. The number of benzene rings is 6. The number of nitrogens with zero attached hydrogens (tertiary/aromatic N) is 9. The average Bonchev–Trinajstić information content (AvgIpc) is 4.27. The molecule has 2 fully saturated rings. The molecule has 2 amide bonds. The van der Waals surface area contributed by atoms with Gasteiger partial charge in [0, 0.05) is 54.2 Å². The van der Waals surface area contributed by atoms with Gasteiger partial charge in [-0.05, 0) is 95.8 Å². The monoisotopic (exact) mass is 1100 g/mol. The highest BCUT2D eigenvalue weighted by Crippen LogP contribution is 2.50. The van der Waals surface area contributed by atoms with E-state index in [4.69, 9.17) is 10.00 Å². The molecule has 6 aromatic carbocycles. The Labute approximate surface area is 450 Å². The van der Waals surface area contributed by atoms with E-state index in [-0.39, 0.29) is 86.0 Å². The fourth-order valence-electron chi connectivity index (χ4n) is 10.7. The molecule has 4 aliphatic rings. The number of hydrogen-bond acceptors (Lipinski definition) is 11. The molecule has 0 saturated carbocycles. The first-order valence-corrected chi connectivity index (χ1v) is 24.7. The normalized spacial score (nSPS) is 18.3. The highest BCUT2D eigenvalue weighted by atomic mass is 19.4. The van der Waals surface area contributed by atoms with E-state index in [9.17, 15) is 59.6 Å². The molecule has 5 heterocycles. The van der Waals surface area contributed by atoms with Crippen molar-refractivity contribution in [3.05, 3.63) is 184 Å². The summed E-state index contributed by atoms with van der Waals surface area (Å²) in [5.74, 6) is -4.38. The number of aromatic nitrogens is 2. The summed E-state index contributed by atoms with van der Waals surface area (Å²) in [4.78, 5) is 55.6. The number of hydrazone groups is 1. The molecule has 0 unspecified atom stereocenters. The van der Waals surface area contributed by atoms with E-state index in [0.717, 1.165) is 63.7 Å². The van der Waals surface area contributed by atoms with Crippen LogP contribution in [0.3, 0.4) is 0 Å². The smallest absolute Gasteiger partial charge is 0.379 e. The summed E-state index contributed by atoms with van der Waals surface area (Å²) in [5.41, 5.74) is -0.855. The standard InChI is InChI=1S/C31H25F4N5O3.C27H16F4N4O2/c32-27-10-9-24(17-22(27)18-36)40-30(38-13-15-43-16-14-38)26(28(37-40)31(33,34)35)11-12-39(29(30)42)23-7-5-20(6-8-23)25-4-2-1-3-21(25)19-41;28-23-10-9-20(13-18(23)14-32)35-24-22(25(33-35)27(29,30)31)11-12-34(26(24)37)19-7-5-16(6-8-19)21-4-2-1-3-17(21)15-36/h1-10,17,19,26H,11-16H2;1-10,13,15H,11-12H2/t26-,30+;/m0./s1. The first-order valence-electron chi connectivity index (χ1n) is 24.7. The maximum absolute atomic E-state index is 14.7. The second-order valence-corrected chi connectivity index (χ2v) is 18.8. The van der Waals surface area contributed by atoms with Crippen molar-refractivity contribution in [2.45, 2.75) is 30.9 Å². The molecule has 1 aromatic heterocycles. The van der Waals surface area contributed by atoms with Crippen LogP contribution in [-0.4, -0.2) is 96.0 Å². The minimum absolute atomic E-state index is 0.00430. The molecule has 0 bridgehead atoms. The molecular weight excluding hydrogens is 1050 g/mol. The van der Waals surface area contributed by atoms with Crippen LogP contribution in [0.5, 0.6) is 0 Å². The fourth-order valence-corrected chi connectivity index (χ4v) is 10.7. The van der Waals surface area contributed by atoms with E-state index < -0.39 is 58.8 Å². The highest BCUT2D eigenvalue weighted by Gasteiger charge is 2.68. The number of piperidine rings is 1. The number of anilines is 3. The second kappa shape index (κ2) is 21.5. The van der Waals surface area contributed by atoms with Crippen LogP contribution in [0.2, 0.25) is 0 Å². The van der Waals surface area contributed by atoms with Crippen LogP contribution in [0.15, 0.2) is 139 Å². The van der Waals surface area contributed by atoms with E-state index >= 15 is 0 Å². The molecule has 14 nitrogen and oxygen atoms in total. The van der Waals surface area contributed by atoms with Crippen molar-refractivity contribution in [1.29, 1.82) is 10.5 Å². The Bertz CT molecular complexity index is 3710. The van der Waals surface area contributed by atoms with E-state index in [1.165, 1.54) is 15.9 Å². The van der Waals surface area contributed by atoms with Gasteiger partial charge in [-0.25, -0.2) is 18.5 Å². The van der Waals surface area contributed by atoms with Crippen molar-refractivity contribution in [2.24, 2.45) is 11.0 Å². The van der Waals surface area contributed by atoms with Crippen molar-refractivity contribution in [3.8, 4) is 40.1 Å². The Kier molecular flexibility index (Phi) is 14.5. The quantitative estimate of drug-likeness (QED) is 0.100. The first-order chi connectivity index (χ1) is 38.4. The Morgan fingerprint density at radius 3 is 1.66 bits per heavy atom. The Hall–Kier alpha value is -9.38. The molecule has 7 aromatic rings. The molecule has 22 heteroatoms. The van der Waals surface area contributed by atoms with Gasteiger partial charge in [0.2, 0.25) is 5.66 Å². The van der Waals surface area contributed by atoms with Crippen LogP contribution in [0.1, 0.15) is 60.0 Å². The lowest BCUT2D eigenvalue weighted by molar-refractivity contribution is -0.142. The molecule has 11 rings (SSSR count). The summed E-state index contributed by atoms with van der Waals surface area (Å²) >= 11 is 0. The molecule has 0 radical (unpaired) electrons. The minimum Gasteiger partial charge on any atom is -0.379 e. The van der Waals surface area contributed by atoms with E-state index in [0.29, 0.717) is 33.6 Å². The second-order valence-electron chi connectivity index (χ2n) is 18.8. The Balaban J connectivity index is 0.000000182. The van der Waals surface area contributed by atoms with Crippen LogP contribution in [0.4, 0.5) is 52.2 Å². The summed E-state index contributed by atoms with van der Waals surface area (Å²) in [5, 5.41) is 27.3. The number of nitriles is 2. The Morgan fingerprint density at radius 1 is 0.625 bits per heavy atom. The van der Waals surface area contributed by atoms with Gasteiger partial charge in [-0.3, -0.25) is 24.1 Å². The van der Waals surface area contributed by atoms with Gasteiger partial charge < -0.3 is 14.5 Å². The summed E-state index contributed by atoms with van der Waals surface area (Å²) in [7, 11) is 0. The van der Waals surface area contributed by atoms with Crippen LogP contribution in [0.25, 0.3) is 27.9 Å². The van der Waals surface area contributed by atoms with Gasteiger partial charge in [-0.15, -0.1) is 0 Å². The molecule has 4 aliphatic heterocycles. The summed E-state index contributed by atoms with van der Waals surface area (Å²) in [6.07, 6.45) is -8.33. The zero-order valence-corrected chi connectivity index (χ0v) is 41.7. The van der Waals surface area contributed by atoms with Crippen molar-refractivity contribution in [2.75, 3.05) is 54.2 Å². The van der Waals surface area contributed by atoms with Crippen molar-refractivity contribution in [3.63, 3.8) is 0 Å². The van der Waals surface area contributed by atoms with Crippen molar-refractivity contribution < 1.29 is 59.0 Å². The lowest BCUT2D eigenvalue weighted by Gasteiger charge is -2.53. The maximum Gasteiger partial charge on any atom is 0.435 e. The number of fused-ring (bicyclic) bond motifs is 2. The molecule has 2 saturated heterocycles. The zero-order chi connectivity index (χ0) is 56.7. The van der Waals surface area contributed by atoms with Gasteiger partial charge in [0.05, 0.1) is 41.6 Å². The predicted molar refractivity (Wildman–Crippen MR) is 276 cm³/mol. The molecule has 2 atom stereocenters. The van der Waals surface area contributed by atoms with Gasteiger partial charge in [-0.1, -0.05) is 72.8 Å². The maximum atomic E-state index is 14.7. The molecular formula is C58H41F8N9O5. The van der Waals surface area contributed by atoms with Crippen LogP contribution in [0, 0.1) is 40.2 Å². The SMILES string of the molecule is N#Cc1cc(-n2nc(C(F)(F)F)c3c2C(=O)N(c2ccc(-c4ccccc4C=O)cc2)CC3)ccc1F.N#Cc1cc(N2N=C(C(F)(F)F)[C@@H]3CCN(c4ccc(-c5ccccc5C=O)cc4)C(=O)[C@@]32N2CCOCC2)ccc1F. The van der Waals surface area contributed by atoms with E-state index in [1.807, 2.05) is 0 Å². The van der Waals surface area contributed by atoms with Gasteiger partial charge in [0.25, 0.3) is 11.8 Å². The third kappa shape index (κ3) is 9.62. The van der Waals surface area contributed by atoms with Crippen LogP contribution < -0.4 is 14.8 Å². The van der Waals surface area contributed by atoms with Gasteiger partial charge in [-0.2, -0.15) is 47.1 Å². The summed E-state index contributed by atoms with van der Waals surface area (Å²) in [6.45, 7) is 0.665. The predicted octanol–water partition coefficient (Wildman–Crippen LogP) is 10.6. The largest absolute Gasteiger partial charge is 0.435 e. The molecule has 0 N–H and O–H groups in total. The number of halogens is 8. The highest BCUT2D eigenvalue weighted by molar-refractivity contribution is 6.12. The molecule has 404 valence electrons. The number of ether oxygens (including phenoxy) is 1. The Morgan fingerprint density at radius 2 is 1.14 bits per heavy atom. The number of carbonyl (C=O) groups is 4. The number of aldehydes is 2. The minimum atomic E-state index is -4.84. The number of morpholine rings is 1. The van der Waals surface area contributed by atoms with Gasteiger partial charge in [0.1, 0.15) is 35.2 Å². The average molecular weight is 1100 g/mol. The topological polar surface area (TPSA) is 168 Å². The first kappa shape index (κ1) is 54.0. The van der Waals surface area contributed by atoms with Crippen molar-refractivity contribution in [1.82, 2.24) is 14.7 Å². The van der Waals surface area contributed by atoms with E-state index in [2.05, 4.69) is 10.2 Å². The van der Waals surface area contributed by atoms with E-state index in [1.54, 1.807) is 114 Å². The lowest BCUT2D eigenvalue weighted by Crippen LogP contribution is -2.74.